The van der Waals surface area contributed by atoms with Gasteiger partial charge in [0, 0.05) is 18.8 Å². The van der Waals surface area contributed by atoms with E-state index in [1.54, 1.807) is 29.4 Å². The Hall–Kier alpha value is -1.07. The second-order valence-corrected chi connectivity index (χ2v) is 7.98. The maximum Gasteiger partial charge on any atom is 0.243 e. The van der Waals surface area contributed by atoms with Crippen LogP contribution < -0.4 is 5.73 Å². The molecule has 1 aliphatic heterocycles. The Morgan fingerprint density at radius 3 is 2.63 bits per heavy atom. The number of nitrogens with zero attached hydrogens (tertiary/aromatic N) is 1. The lowest BCUT2D eigenvalue weighted by atomic mass is 9.85. The molecule has 0 aliphatic carbocycles. The first kappa shape index (κ1) is 14.3. The van der Waals surface area contributed by atoms with Crippen molar-refractivity contribution >= 4 is 15.7 Å². The van der Waals surface area contributed by atoms with Gasteiger partial charge in [-0.1, -0.05) is 19.9 Å². The van der Waals surface area contributed by atoms with E-state index in [9.17, 15) is 8.42 Å². The van der Waals surface area contributed by atoms with E-state index in [1.165, 1.54) is 0 Å². The lowest BCUT2D eigenvalue weighted by Crippen LogP contribution is -2.43. The molecular formula is C14H22N2O2S. The van der Waals surface area contributed by atoms with Crippen molar-refractivity contribution in [2.45, 2.75) is 38.5 Å². The highest BCUT2D eigenvalue weighted by Gasteiger charge is 2.34. The average Bonchev–Trinajstić information content (AvgIpc) is 2.31. The topological polar surface area (TPSA) is 63.4 Å². The molecule has 1 aromatic carbocycles. The first-order valence-electron chi connectivity index (χ1n) is 6.59. The molecule has 19 heavy (non-hydrogen) atoms. The van der Waals surface area contributed by atoms with Gasteiger partial charge in [-0.15, -0.1) is 0 Å². The maximum atomic E-state index is 12.7. The normalized spacial score (nSPS) is 20.4. The number of sulfonamides is 1. The molecular weight excluding hydrogens is 260 g/mol. The minimum Gasteiger partial charge on any atom is -0.398 e. The van der Waals surface area contributed by atoms with Gasteiger partial charge in [0.1, 0.15) is 0 Å². The minimum absolute atomic E-state index is 0.0412. The van der Waals surface area contributed by atoms with Crippen LogP contribution in [0.2, 0.25) is 0 Å². The third-order valence-electron chi connectivity index (χ3n) is 3.81. The summed E-state index contributed by atoms with van der Waals surface area (Å²) in [5.74, 6) is 0. The van der Waals surface area contributed by atoms with Gasteiger partial charge in [-0.3, -0.25) is 0 Å². The molecule has 4 nitrogen and oxygen atoms in total. The number of benzene rings is 1. The van der Waals surface area contributed by atoms with Crippen LogP contribution in [0.15, 0.2) is 23.1 Å². The highest BCUT2D eigenvalue weighted by Crippen LogP contribution is 2.33. The largest absolute Gasteiger partial charge is 0.398 e. The molecule has 0 saturated carbocycles. The van der Waals surface area contributed by atoms with E-state index in [0.717, 1.165) is 12.8 Å². The van der Waals surface area contributed by atoms with Crippen LogP contribution in [0.5, 0.6) is 0 Å². The molecule has 106 valence electrons. The Morgan fingerprint density at radius 1 is 1.32 bits per heavy atom. The van der Waals surface area contributed by atoms with Crippen molar-refractivity contribution in [3.8, 4) is 0 Å². The third kappa shape index (κ3) is 2.77. The van der Waals surface area contributed by atoms with Crippen molar-refractivity contribution in [3.63, 3.8) is 0 Å². The van der Waals surface area contributed by atoms with Gasteiger partial charge in [0.2, 0.25) is 10.0 Å². The zero-order chi connectivity index (χ0) is 14.3. The quantitative estimate of drug-likeness (QED) is 0.847. The highest BCUT2D eigenvalue weighted by atomic mass is 32.2. The molecule has 1 fully saturated rings. The molecule has 1 aliphatic rings. The second-order valence-electron chi connectivity index (χ2n) is 6.08. The van der Waals surface area contributed by atoms with Gasteiger partial charge >= 0.3 is 0 Å². The van der Waals surface area contributed by atoms with Gasteiger partial charge in [-0.05, 0) is 42.9 Å². The third-order valence-corrected chi connectivity index (χ3v) is 5.80. The van der Waals surface area contributed by atoms with Crippen LogP contribution in [0.1, 0.15) is 32.3 Å². The predicted molar refractivity (Wildman–Crippen MR) is 77.4 cm³/mol. The Morgan fingerprint density at radius 2 is 2.00 bits per heavy atom. The Kier molecular flexibility index (Phi) is 3.62. The van der Waals surface area contributed by atoms with E-state index in [2.05, 4.69) is 13.8 Å². The van der Waals surface area contributed by atoms with Gasteiger partial charge in [0.25, 0.3) is 0 Å². The van der Waals surface area contributed by atoms with Gasteiger partial charge in [0.15, 0.2) is 0 Å². The molecule has 0 unspecified atom stereocenters. The molecule has 0 aromatic heterocycles. The lowest BCUT2D eigenvalue weighted by Gasteiger charge is -2.37. The molecule has 5 heteroatoms. The van der Waals surface area contributed by atoms with E-state index in [1.807, 2.05) is 0 Å². The van der Waals surface area contributed by atoms with Crippen LogP contribution in [0, 0.1) is 12.3 Å². The average molecular weight is 282 g/mol. The lowest BCUT2D eigenvalue weighted by molar-refractivity contribution is 0.187. The summed E-state index contributed by atoms with van der Waals surface area (Å²) in [6.45, 7) is 7.16. The summed E-state index contributed by atoms with van der Waals surface area (Å²) in [7, 11) is -3.43. The van der Waals surface area contributed by atoms with Crippen molar-refractivity contribution in [1.29, 1.82) is 0 Å². The van der Waals surface area contributed by atoms with E-state index in [0.29, 0.717) is 29.2 Å². The van der Waals surface area contributed by atoms with Crippen LogP contribution in [0.3, 0.4) is 0 Å². The zero-order valence-corrected chi connectivity index (χ0v) is 12.6. The second kappa shape index (κ2) is 4.80. The summed E-state index contributed by atoms with van der Waals surface area (Å²) in [6, 6.07) is 5.07. The zero-order valence-electron chi connectivity index (χ0n) is 11.8. The van der Waals surface area contributed by atoms with Crippen molar-refractivity contribution in [1.82, 2.24) is 4.31 Å². The summed E-state index contributed by atoms with van der Waals surface area (Å²) >= 11 is 0. The van der Waals surface area contributed by atoms with E-state index in [-0.39, 0.29) is 5.41 Å². The fraction of sp³-hybridized carbons (Fsp3) is 0.571. The molecule has 0 spiro atoms. The summed E-state index contributed by atoms with van der Waals surface area (Å²) in [5.41, 5.74) is 7.03. The van der Waals surface area contributed by atoms with Crippen LogP contribution in [0.25, 0.3) is 0 Å². The molecule has 1 heterocycles. The van der Waals surface area contributed by atoms with Crippen LogP contribution in [-0.4, -0.2) is 25.8 Å². The monoisotopic (exact) mass is 282 g/mol. The van der Waals surface area contributed by atoms with E-state index >= 15 is 0 Å². The number of hydrogen-bond acceptors (Lipinski definition) is 3. The first-order chi connectivity index (χ1) is 8.74. The molecule has 0 atom stereocenters. The Bertz CT molecular complexity index is 579. The van der Waals surface area contributed by atoms with Crippen LogP contribution >= 0.6 is 0 Å². The number of nitrogen functional groups attached to an aromatic ring is 1. The standard InChI is InChI=1S/C14H22N2O2S/c1-11-12(15)6-4-7-13(11)19(17,18)16-9-5-8-14(2,3)10-16/h4,6-7H,5,8-10,15H2,1-3H3. The molecule has 2 N–H and O–H groups in total. The summed E-state index contributed by atoms with van der Waals surface area (Å²) in [4.78, 5) is 0.338. The first-order valence-corrected chi connectivity index (χ1v) is 8.03. The number of anilines is 1. The number of nitrogens with two attached hydrogens (primary N) is 1. The summed E-state index contributed by atoms with van der Waals surface area (Å²) < 4.78 is 27.0. The Balaban J connectivity index is 2.40. The Labute approximate surface area is 115 Å². The summed E-state index contributed by atoms with van der Waals surface area (Å²) in [5, 5.41) is 0. The number of piperidine rings is 1. The molecule has 1 aromatic rings. The fourth-order valence-corrected chi connectivity index (χ4v) is 4.55. The molecule has 1 saturated heterocycles. The van der Waals surface area contributed by atoms with E-state index in [4.69, 9.17) is 5.73 Å². The van der Waals surface area contributed by atoms with Crippen molar-refractivity contribution < 1.29 is 8.42 Å². The van der Waals surface area contributed by atoms with Crippen molar-refractivity contribution in [3.05, 3.63) is 23.8 Å². The van der Waals surface area contributed by atoms with Crippen molar-refractivity contribution in [2.24, 2.45) is 5.41 Å². The predicted octanol–water partition coefficient (Wildman–Crippen LogP) is 2.39. The molecule has 0 amide bonds. The summed E-state index contributed by atoms with van der Waals surface area (Å²) in [6.07, 6.45) is 1.97. The molecule has 0 bridgehead atoms. The molecule has 2 rings (SSSR count). The van der Waals surface area contributed by atoms with Crippen molar-refractivity contribution in [2.75, 3.05) is 18.8 Å². The number of hydrogen-bond donors (Lipinski definition) is 1. The van der Waals surface area contributed by atoms with Crippen LogP contribution in [0.4, 0.5) is 5.69 Å². The minimum atomic E-state index is -3.43. The maximum absolute atomic E-state index is 12.7. The van der Waals surface area contributed by atoms with E-state index < -0.39 is 10.0 Å². The fourth-order valence-electron chi connectivity index (χ4n) is 2.62. The highest BCUT2D eigenvalue weighted by molar-refractivity contribution is 7.89. The number of rotatable bonds is 2. The SMILES string of the molecule is Cc1c(N)cccc1S(=O)(=O)N1CCCC(C)(C)C1. The van der Waals surface area contributed by atoms with Gasteiger partial charge < -0.3 is 5.73 Å². The smallest absolute Gasteiger partial charge is 0.243 e. The van der Waals surface area contributed by atoms with Gasteiger partial charge in [-0.25, -0.2) is 8.42 Å². The molecule has 0 radical (unpaired) electrons. The van der Waals surface area contributed by atoms with Gasteiger partial charge in [-0.2, -0.15) is 4.31 Å². The van der Waals surface area contributed by atoms with Crippen LogP contribution in [-0.2, 0) is 10.0 Å². The van der Waals surface area contributed by atoms with Gasteiger partial charge in [0.05, 0.1) is 4.90 Å².